The molecule has 3 aromatic rings. The van der Waals surface area contributed by atoms with E-state index in [0.717, 1.165) is 17.8 Å². The monoisotopic (exact) mass is 393 g/mol. The van der Waals surface area contributed by atoms with Gasteiger partial charge >= 0.3 is 0 Å². The Morgan fingerprint density at radius 1 is 0.966 bits per heavy atom. The standard InChI is InChI=1S/C19H15N5O5/c20-19(27)14-9-13(24(28)29)10-16(18(14)26)23-22-15-7-6-12(8-17(15)25)21-11-4-2-1-3-5-11/h1-10,21,25-26H,(H2,20,27). The summed E-state index contributed by atoms with van der Waals surface area (Å²) in [5, 5.41) is 41.9. The number of nitrogens with two attached hydrogens (primary N) is 1. The second-order valence-electron chi connectivity index (χ2n) is 5.88. The van der Waals surface area contributed by atoms with Gasteiger partial charge in [0.2, 0.25) is 0 Å². The van der Waals surface area contributed by atoms with Crippen molar-refractivity contribution in [3.63, 3.8) is 0 Å². The summed E-state index contributed by atoms with van der Waals surface area (Å²) in [5.41, 5.74) is 5.31. The van der Waals surface area contributed by atoms with Crippen LogP contribution in [0.1, 0.15) is 10.4 Å². The van der Waals surface area contributed by atoms with Crippen molar-refractivity contribution in [3.8, 4) is 11.5 Å². The van der Waals surface area contributed by atoms with Gasteiger partial charge in [0.25, 0.3) is 11.6 Å². The van der Waals surface area contributed by atoms with Gasteiger partial charge in [-0.2, -0.15) is 0 Å². The lowest BCUT2D eigenvalue weighted by atomic mass is 10.1. The highest BCUT2D eigenvalue weighted by Crippen LogP contribution is 2.37. The molecule has 0 saturated heterocycles. The molecule has 0 aliphatic rings. The van der Waals surface area contributed by atoms with E-state index < -0.39 is 27.8 Å². The Hall–Kier alpha value is -4.47. The summed E-state index contributed by atoms with van der Waals surface area (Å²) in [6.45, 7) is 0. The molecule has 0 unspecified atom stereocenters. The Morgan fingerprint density at radius 3 is 2.28 bits per heavy atom. The van der Waals surface area contributed by atoms with Crippen LogP contribution < -0.4 is 11.1 Å². The summed E-state index contributed by atoms with van der Waals surface area (Å²) in [6, 6.07) is 15.6. The number of carbonyl (C=O) groups is 1. The lowest BCUT2D eigenvalue weighted by molar-refractivity contribution is -0.384. The van der Waals surface area contributed by atoms with Gasteiger partial charge in [-0.05, 0) is 24.3 Å². The van der Waals surface area contributed by atoms with E-state index in [1.165, 1.54) is 12.1 Å². The lowest BCUT2D eigenvalue weighted by Gasteiger charge is -2.07. The van der Waals surface area contributed by atoms with Gasteiger partial charge in [0.1, 0.15) is 17.1 Å². The predicted molar refractivity (Wildman–Crippen MR) is 105 cm³/mol. The molecule has 0 spiro atoms. The van der Waals surface area contributed by atoms with E-state index in [4.69, 9.17) is 5.73 Å². The third-order valence-electron chi connectivity index (χ3n) is 3.85. The Balaban J connectivity index is 1.90. The molecule has 0 fully saturated rings. The molecule has 5 N–H and O–H groups in total. The van der Waals surface area contributed by atoms with Crippen LogP contribution in [-0.4, -0.2) is 21.0 Å². The molecule has 0 aliphatic heterocycles. The van der Waals surface area contributed by atoms with Crippen molar-refractivity contribution in [2.75, 3.05) is 5.32 Å². The number of non-ortho nitro benzene ring substituents is 1. The minimum atomic E-state index is -1.05. The number of benzene rings is 3. The van der Waals surface area contributed by atoms with Crippen molar-refractivity contribution < 1.29 is 19.9 Å². The maximum atomic E-state index is 11.4. The normalized spacial score (nSPS) is 10.8. The first-order chi connectivity index (χ1) is 13.8. The van der Waals surface area contributed by atoms with E-state index in [9.17, 15) is 25.1 Å². The summed E-state index contributed by atoms with van der Waals surface area (Å²) in [5.74, 6) is -1.91. The van der Waals surface area contributed by atoms with Crippen molar-refractivity contribution in [2.45, 2.75) is 0 Å². The molecular weight excluding hydrogens is 378 g/mol. The topological polar surface area (TPSA) is 163 Å². The number of amides is 1. The number of hydrogen-bond acceptors (Lipinski definition) is 8. The lowest BCUT2D eigenvalue weighted by Crippen LogP contribution is -2.11. The number of phenols is 2. The molecule has 1 amide bonds. The summed E-state index contributed by atoms with van der Waals surface area (Å²) < 4.78 is 0. The van der Waals surface area contributed by atoms with Gasteiger partial charge in [0.05, 0.1) is 10.5 Å². The summed E-state index contributed by atoms with van der Waals surface area (Å²) in [6.07, 6.45) is 0. The quantitative estimate of drug-likeness (QED) is 0.277. The van der Waals surface area contributed by atoms with Crippen LogP contribution in [0.2, 0.25) is 0 Å². The van der Waals surface area contributed by atoms with Crippen molar-refractivity contribution in [1.29, 1.82) is 0 Å². The zero-order chi connectivity index (χ0) is 21.0. The average Bonchev–Trinajstić information content (AvgIpc) is 2.68. The zero-order valence-corrected chi connectivity index (χ0v) is 14.8. The van der Waals surface area contributed by atoms with Crippen LogP contribution in [0.5, 0.6) is 11.5 Å². The Morgan fingerprint density at radius 2 is 1.66 bits per heavy atom. The van der Waals surface area contributed by atoms with Crippen LogP contribution in [0.15, 0.2) is 70.9 Å². The van der Waals surface area contributed by atoms with Gasteiger partial charge in [0.15, 0.2) is 5.75 Å². The molecule has 3 rings (SSSR count). The number of nitro groups is 1. The number of rotatable bonds is 6. The summed E-state index contributed by atoms with van der Waals surface area (Å²) >= 11 is 0. The molecule has 0 heterocycles. The Kier molecular flexibility index (Phi) is 5.35. The molecule has 0 aromatic heterocycles. The number of carbonyl (C=O) groups excluding carboxylic acids is 1. The summed E-state index contributed by atoms with van der Waals surface area (Å²) in [4.78, 5) is 21.6. The zero-order valence-electron chi connectivity index (χ0n) is 14.8. The van der Waals surface area contributed by atoms with Crippen LogP contribution in [0.4, 0.5) is 28.4 Å². The molecule has 10 nitrogen and oxygen atoms in total. The fourth-order valence-electron chi connectivity index (χ4n) is 2.46. The number of anilines is 2. The van der Waals surface area contributed by atoms with Crippen LogP contribution >= 0.6 is 0 Å². The summed E-state index contributed by atoms with van der Waals surface area (Å²) in [7, 11) is 0. The predicted octanol–water partition coefficient (Wildman–Crippen LogP) is 4.26. The van der Waals surface area contributed by atoms with Gasteiger partial charge in [-0.1, -0.05) is 18.2 Å². The van der Waals surface area contributed by atoms with E-state index in [1.807, 2.05) is 30.3 Å². The van der Waals surface area contributed by atoms with Gasteiger partial charge in [0, 0.05) is 29.6 Å². The highest BCUT2D eigenvalue weighted by molar-refractivity contribution is 5.98. The van der Waals surface area contributed by atoms with Crippen LogP contribution in [0.25, 0.3) is 0 Å². The van der Waals surface area contributed by atoms with E-state index in [1.54, 1.807) is 6.07 Å². The molecule has 0 aliphatic carbocycles. The van der Waals surface area contributed by atoms with Crippen LogP contribution in [-0.2, 0) is 0 Å². The molecule has 10 heteroatoms. The second kappa shape index (κ2) is 8.05. The van der Waals surface area contributed by atoms with Crippen LogP contribution in [0, 0.1) is 10.1 Å². The minimum Gasteiger partial charge on any atom is -0.506 e. The molecule has 29 heavy (non-hydrogen) atoms. The smallest absolute Gasteiger partial charge is 0.272 e. The Bertz CT molecular complexity index is 1120. The number of azo groups is 1. The number of nitrogens with one attached hydrogen (secondary N) is 1. The van der Waals surface area contributed by atoms with E-state index in [-0.39, 0.29) is 17.1 Å². The largest absolute Gasteiger partial charge is 0.506 e. The highest BCUT2D eigenvalue weighted by atomic mass is 16.6. The molecular formula is C19H15N5O5. The fourth-order valence-corrected chi connectivity index (χ4v) is 2.46. The third-order valence-corrected chi connectivity index (χ3v) is 3.85. The van der Waals surface area contributed by atoms with Gasteiger partial charge in [-0.15, -0.1) is 10.2 Å². The average molecular weight is 393 g/mol. The van der Waals surface area contributed by atoms with E-state index in [2.05, 4.69) is 15.5 Å². The van der Waals surface area contributed by atoms with E-state index >= 15 is 0 Å². The number of primary amides is 1. The minimum absolute atomic E-state index is 0.0511. The number of nitrogens with zero attached hydrogens (tertiary/aromatic N) is 3. The van der Waals surface area contributed by atoms with Crippen molar-refractivity contribution in [2.24, 2.45) is 16.0 Å². The third kappa shape index (κ3) is 4.45. The highest BCUT2D eigenvalue weighted by Gasteiger charge is 2.19. The Labute approximate surface area is 164 Å². The maximum Gasteiger partial charge on any atom is 0.272 e. The first-order valence-corrected chi connectivity index (χ1v) is 8.23. The maximum absolute atomic E-state index is 11.4. The molecule has 0 saturated carbocycles. The molecule has 0 atom stereocenters. The fraction of sp³-hybridized carbons (Fsp3) is 0. The SMILES string of the molecule is NC(=O)c1cc([N+](=O)[O-])cc(N=Nc2ccc(Nc3ccccc3)cc2O)c1O. The number of aromatic hydroxyl groups is 2. The molecule has 3 aromatic carbocycles. The van der Waals surface area contributed by atoms with E-state index in [0.29, 0.717) is 5.69 Å². The molecule has 0 radical (unpaired) electrons. The van der Waals surface area contributed by atoms with Crippen molar-refractivity contribution in [3.05, 3.63) is 76.3 Å². The van der Waals surface area contributed by atoms with Gasteiger partial charge in [-0.25, -0.2) is 0 Å². The van der Waals surface area contributed by atoms with Crippen LogP contribution in [0.3, 0.4) is 0 Å². The first kappa shape index (κ1) is 19.3. The number of para-hydroxylation sites is 1. The first-order valence-electron chi connectivity index (χ1n) is 8.23. The molecule has 146 valence electrons. The van der Waals surface area contributed by atoms with Crippen molar-refractivity contribution in [1.82, 2.24) is 0 Å². The second-order valence-corrected chi connectivity index (χ2v) is 5.88. The van der Waals surface area contributed by atoms with Gasteiger partial charge in [-0.3, -0.25) is 14.9 Å². The number of nitro benzene ring substituents is 1. The number of phenolic OH excluding ortho intramolecular Hbond substituents is 1. The van der Waals surface area contributed by atoms with Gasteiger partial charge < -0.3 is 21.3 Å². The van der Waals surface area contributed by atoms with Crippen molar-refractivity contribution >= 4 is 34.3 Å². The number of hydrogen-bond donors (Lipinski definition) is 4. The molecule has 0 bridgehead atoms.